The van der Waals surface area contributed by atoms with Crippen LogP contribution in [0.2, 0.25) is 5.02 Å². The fourth-order valence-electron chi connectivity index (χ4n) is 4.39. The first-order chi connectivity index (χ1) is 15.4. The minimum absolute atomic E-state index is 0. The second-order valence-electron chi connectivity index (χ2n) is 8.72. The normalized spacial score (nSPS) is 15.2. The average molecular weight is 466 g/mol. The van der Waals surface area contributed by atoms with Gasteiger partial charge in [-0.1, -0.05) is 63.2 Å². The van der Waals surface area contributed by atoms with Crippen LogP contribution in [0.3, 0.4) is 0 Å². The second kappa shape index (κ2) is 10.8. The van der Waals surface area contributed by atoms with Gasteiger partial charge >= 0.3 is 0 Å². The van der Waals surface area contributed by atoms with E-state index in [0.717, 1.165) is 28.8 Å². The molecule has 1 aromatic heterocycles. The van der Waals surface area contributed by atoms with Gasteiger partial charge in [0.25, 0.3) is 5.91 Å². The Hall–Kier alpha value is -2.92. The van der Waals surface area contributed by atoms with Gasteiger partial charge in [-0.2, -0.15) is 0 Å². The Labute approximate surface area is 201 Å². The number of hydrogen-bond acceptors (Lipinski definition) is 3. The zero-order chi connectivity index (χ0) is 22.7. The van der Waals surface area contributed by atoms with E-state index in [2.05, 4.69) is 22.4 Å². The maximum Gasteiger partial charge on any atom is 0.252 e. The lowest BCUT2D eigenvalue weighted by Gasteiger charge is -2.35. The first kappa shape index (κ1) is 24.7. The molecule has 3 aromatic rings. The van der Waals surface area contributed by atoms with Crippen molar-refractivity contribution >= 4 is 34.3 Å². The smallest absolute Gasteiger partial charge is 0.252 e. The van der Waals surface area contributed by atoms with E-state index >= 15 is 0 Å². The minimum atomic E-state index is -0.568. The molecule has 6 heteroatoms. The SMILES string of the molecule is C.CC(C)[C@@H](NC(=O)c1ccnc2ccccc12)C(=O)N1CCC(c2ccc(Cl)cc2)CC1. The predicted molar refractivity (Wildman–Crippen MR) is 135 cm³/mol. The van der Waals surface area contributed by atoms with Gasteiger partial charge in [-0.15, -0.1) is 0 Å². The number of para-hydroxylation sites is 1. The van der Waals surface area contributed by atoms with Crippen molar-refractivity contribution in [3.63, 3.8) is 0 Å². The Morgan fingerprint density at radius 3 is 2.36 bits per heavy atom. The van der Waals surface area contributed by atoms with Crippen LogP contribution in [0, 0.1) is 5.92 Å². The molecule has 0 saturated carbocycles. The third kappa shape index (κ3) is 5.53. The van der Waals surface area contributed by atoms with Gasteiger partial charge in [0.05, 0.1) is 11.1 Å². The number of carbonyl (C=O) groups excluding carboxylic acids is 2. The molecule has 1 fully saturated rings. The third-order valence-corrected chi connectivity index (χ3v) is 6.51. The highest BCUT2D eigenvalue weighted by atomic mass is 35.5. The number of fused-ring (bicyclic) bond motifs is 1. The zero-order valence-electron chi connectivity index (χ0n) is 18.4. The van der Waals surface area contributed by atoms with E-state index in [1.165, 1.54) is 5.56 Å². The molecular weight excluding hydrogens is 434 g/mol. The molecule has 0 aliphatic carbocycles. The lowest BCUT2D eigenvalue weighted by Crippen LogP contribution is -2.52. The van der Waals surface area contributed by atoms with Gasteiger partial charge in [-0.25, -0.2) is 0 Å². The molecule has 1 atom stereocenters. The van der Waals surface area contributed by atoms with Crippen molar-refractivity contribution in [3.8, 4) is 0 Å². The Morgan fingerprint density at radius 1 is 1.03 bits per heavy atom. The van der Waals surface area contributed by atoms with E-state index in [-0.39, 0.29) is 25.2 Å². The number of aromatic nitrogens is 1. The van der Waals surface area contributed by atoms with Gasteiger partial charge in [-0.05, 0) is 54.5 Å². The van der Waals surface area contributed by atoms with E-state index < -0.39 is 6.04 Å². The molecule has 2 amide bonds. The summed E-state index contributed by atoms with van der Waals surface area (Å²) in [5.74, 6) is 0.146. The maximum absolute atomic E-state index is 13.3. The number of hydrogen-bond donors (Lipinski definition) is 1. The van der Waals surface area contributed by atoms with Crippen LogP contribution in [0.15, 0.2) is 60.8 Å². The molecule has 1 aliphatic heterocycles. The van der Waals surface area contributed by atoms with Gasteiger partial charge in [0.2, 0.25) is 5.91 Å². The molecule has 33 heavy (non-hydrogen) atoms. The monoisotopic (exact) mass is 465 g/mol. The summed E-state index contributed by atoms with van der Waals surface area (Å²) in [5.41, 5.74) is 2.56. The quantitative estimate of drug-likeness (QED) is 0.526. The number of carbonyl (C=O) groups is 2. The van der Waals surface area contributed by atoms with Gasteiger partial charge in [-0.3, -0.25) is 14.6 Å². The third-order valence-electron chi connectivity index (χ3n) is 6.26. The lowest BCUT2D eigenvalue weighted by molar-refractivity contribution is -0.135. The number of likely N-dealkylation sites (tertiary alicyclic amines) is 1. The molecule has 0 unspecified atom stereocenters. The van der Waals surface area contributed by atoms with E-state index in [1.54, 1.807) is 12.3 Å². The fraction of sp³-hybridized carbons (Fsp3) is 0.370. The molecule has 0 radical (unpaired) electrons. The van der Waals surface area contributed by atoms with Crippen molar-refractivity contribution in [3.05, 3.63) is 76.9 Å². The zero-order valence-corrected chi connectivity index (χ0v) is 19.2. The summed E-state index contributed by atoms with van der Waals surface area (Å²) in [5, 5.41) is 4.52. The summed E-state index contributed by atoms with van der Waals surface area (Å²) >= 11 is 6.01. The minimum Gasteiger partial charge on any atom is -0.341 e. The fourth-order valence-corrected chi connectivity index (χ4v) is 4.52. The van der Waals surface area contributed by atoms with Crippen LogP contribution in [0.4, 0.5) is 0 Å². The number of rotatable bonds is 5. The summed E-state index contributed by atoms with van der Waals surface area (Å²) in [7, 11) is 0. The van der Waals surface area contributed by atoms with Gasteiger partial charge in [0.1, 0.15) is 6.04 Å². The second-order valence-corrected chi connectivity index (χ2v) is 9.16. The molecule has 4 rings (SSSR count). The largest absolute Gasteiger partial charge is 0.341 e. The number of halogens is 1. The summed E-state index contributed by atoms with van der Waals surface area (Å²) in [6.07, 6.45) is 3.44. The first-order valence-corrected chi connectivity index (χ1v) is 11.5. The van der Waals surface area contributed by atoms with Crippen molar-refractivity contribution in [1.29, 1.82) is 0 Å². The van der Waals surface area contributed by atoms with Crippen LogP contribution in [-0.2, 0) is 4.79 Å². The molecule has 174 valence electrons. The highest BCUT2D eigenvalue weighted by Crippen LogP contribution is 2.29. The molecule has 5 nitrogen and oxygen atoms in total. The number of amides is 2. The highest BCUT2D eigenvalue weighted by molar-refractivity contribution is 6.30. The van der Waals surface area contributed by atoms with Crippen LogP contribution in [0.5, 0.6) is 0 Å². The molecular formula is C27H32ClN3O2. The van der Waals surface area contributed by atoms with E-state index in [0.29, 0.717) is 24.6 Å². The topological polar surface area (TPSA) is 62.3 Å². The molecule has 0 bridgehead atoms. The van der Waals surface area contributed by atoms with Crippen molar-refractivity contribution < 1.29 is 9.59 Å². The molecule has 2 aromatic carbocycles. The molecule has 1 N–H and O–H groups in total. The standard InChI is InChI=1S/C26H28ClN3O2.CH4/c1-17(2)24(29-25(31)22-11-14-28-23-6-4-3-5-21(22)23)26(32)30-15-12-19(13-16-30)18-7-9-20(27)10-8-18;/h3-11,14,17,19,24H,12-13,15-16H2,1-2H3,(H,29,31);1H4/t24-;/m1./s1. The number of benzene rings is 2. The molecule has 0 spiro atoms. The Morgan fingerprint density at radius 2 is 1.70 bits per heavy atom. The van der Waals surface area contributed by atoms with Crippen LogP contribution < -0.4 is 5.32 Å². The predicted octanol–water partition coefficient (Wildman–Crippen LogP) is 5.68. The van der Waals surface area contributed by atoms with Crippen LogP contribution in [0.25, 0.3) is 10.9 Å². The summed E-state index contributed by atoms with van der Waals surface area (Å²) in [4.78, 5) is 32.7. The number of piperidine rings is 1. The van der Waals surface area contributed by atoms with E-state index in [4.69, 9.17) is 11.6 Å². The average Bonchev–Trinajstić information content (AvgIpc) is 2.82. The molecule has 2 heterocycles. The lowest BCUT2D eigenvalue weighted by atomic mass is 9.89. The Bertz CT molecular complexity index is 1100. The summed E-state index contributed by atoms with van der Waals surface area (Å²) in [6, 6.07) is 16.7. The summed E-state index contributed by atoms with van der Waals surface area (Å²) in [6.45, 7) is 5.30. The van der Waals surface area contributed by atoms with Crippen LogP contribution in [-0.4, -0.2) is 40.8 Å². The van der Waals surface area contributed by atoms with Gasteiger partial charge < -0.3 is 10.2 Å². The summed E-state index contributed by atoms with van der Waals surface area (Å²) < 4.78 is 0. The number of nitrogens with zero attached hydrogens (tertiary/aromatic N) is 2. The maximum atomic E-state index is 13.3. The van der Waals surface area contributed by atoms with Crippen molar-refractivity contribution in [1.82, 2.24) is 15.2 Å². The Balaban J connectivity index is 0.00000306. The van der Waals surface area contributed by atoms with Crippen LogP contribution in [0.1, 0.15) is 56.0 Å². The van der Waals surface area contributed by atoms with Crippen molar-refractivity contribution in [2.45, 2.75) is 46.1 Å². The van der Waals surface area contributed by atoms with Crippen molar-refractivity contribution in [2.75, 3.05) is 13.1 Å². The van der Waals surface area contributed by atoms with Crippen molar-refractivity contribution in [2.24, 2.45) is 5.92 Å². The number of pyridine rings is 1. The highest BCUT2D eigenvalue weighted by Gasteiger charge is 2.32. The molecule has 1 aliphatic rings. The Kier molecular flexibility index (Phi) is 8.09. The first-order valence-electron chi connectivity index (χ1n) is 11.1. The van der Waals surface area contributed by atoms with Crippen LogP contribution >= 0.6 is 11.6 Å². The van der Waals surface area contributed by atoms with E-state index in [1.807, 2.05) is 55.1 Å². The van der Waals surface area contributed by atoms with Gasteiger partial charge in [0.15, 0.2) is 0 Å². The molecule has 1 saturated heterocycles. The van der Waals surface area contributed by atoms with Gasteiger partial charge in [0, 0.05) is 29.7 Å². The number of nitrogens with one attached hydrogen (secondary N) is 1. The van der Waals surface area contributed by atoms with E-state index in [9.17, 15) is 9.59 Å².